The third-order valence-corrected chi connectivity index (χ3v) is 3.66. The molecule has 0 unspecified atom stereocenters. The summed E-state index contributed by atoms with van der Waals surface area (Å²) < 4.78 is 10.1. The normalized spacial score (nSPS) is 11.3. The van der Waals surface area contributed by atoms with Crippen molar-refractivity contribution in [1.82, 2.24) is 10.6 Å². The minimum atomic E-state index is -1.25. The first kappa shape index (κ1) is 20.9. The lowest BCUT2D eigenvalue weighted by Crippen LogP contribution is -2.48. The predicted octanol–water partition coefficient (Wildman–Crippen LogP) is 1.70. The average molecular weight is 386 g/mol. The van der Waals surface area contributed by atoms with Crippen molar-refractivity contribution in [2.75, 3.05) is 13.1 Å². The maximum absolute atomic E-state index is 11.8. The molecule has 0 saturated carbocycles. The van der Waals surface area contributed by atoms with Gasteiger partial charge >= 0.3 is 18.0 Å². The molecule has 0 radical (unpaired) electrons. The van der Waals surface area contributed by atoms with Crippen LogP contribution in [0, 0.1) is 0 Å². The molecule has 0 aliphatic carbocycles. The van der Waals surface area contributed by atoms with Gasteiger partial charge in [-0.2, -0.15) is 0 Å². The van der Waals surface area contributed by atoms with Crippen LogP contribution in [0.15, 0.2) is 60.7 Å². The maximum atomic E-state index is 11.8. The number of esters is 1. The van der Waals surface area contributed by atoms with Crippen LogP contribution in [-0.2, 0) is 32.3 Å². The lowest BCUT2D eigenvalue weighted by atomic mass is 10.2. The fourth-order valence-electron chi connectivity index (χ4n) is 2.21. The van der Waals surface area contributed by atoms with Gasteiger partial charge in [-0.25, -0.2) is 9.59 Å². The van der Waals surface area contributed by atoms with E-state index in [2.05, 4.69) is 10.6 Å². The zero-order valence-corrected chi connectivity index (χ0v) is 15.2. The predicted molar refractivity (Wildman–Crippen MR) is 100 cm³/mol. The van der Waals surface area contributed by atoms with Gasteiger partial charge in [0, 0.05) is 6.54 Å². The summed E-state index contributed by atoms with van der Waals surface area (Å²) in [6.07, 6.45) is -0.857. The molecule has 0 aromatic heterocycles. The summed E-state index contributed by atoms with van der Waals surface area (Å²) in [4.78, 5) is 34.7. The third kappa shape index (κ3) is 7.88. The fourth-order valence-corrected chi connectivity index (χ4v) is 2.21. The number of carboxylic acids is 1. The Morgan fingerprint density at radius 1 is 0.857 bits per heavy atom. The highest BCUT2D eigenvalue weighted by atomic mass is 16.5. The van der Waals surface area contributed by atoms with E-state index in [4.69, 9.17) is 9.47 Å². The molecule has 0 aliphatic rings. The number of nitrogens with one attached hydrogen (secondary N) is 2. The molecule has 8 heteroatoms. The largest absolute Gasteiger partial charge is 0.480 e. The molecule has 2 rings (SSSR count). The van der Waals surface area contributed by atoms with Gasteiger partial charge < -0.3 is 25.2 Å². The molecule has 2 aromatic rings. The van der Waals surface area contributed by atoms with Gasteiger partial charge in [-0.15, -0.1) is 0 Å². The Hall–Kier alpha value is -3.39. The molecular weight excluding hydrogens is 364 g/mol. The van der Waals surface area contributed by atoms with E-state index in [1.54, 1.807) is 24.3 Å². The Kier molecular flexibility index (Phi) is 8.48. The van der Waals surface area contributed by atoms with Crippen LogP contribution in [0.25, 0.3) is 0 Å². The van der Waals surface area contributed by atoms with Crippen molar-refractivity contribution in [3.63, 3.8) is 0 Å². The van der Waals surface area contributed by atoms with E-state index >= 15 is 0 Å². The Bertz CT molecular complexity index is 767. The minimum absolute atomic E-state index is 0.0260. The van der Waals surface area contributed by atoms with Crippen LogP contribution < -0.4 is 10.6 Å². The molecule has 3 N–H and O–H groups in total. The molecule has 0 heterocycles. The van der Waals surface area contributed by atoms with Crippen molar-refractivity contribution in [3.8, 4) is 0 Å². The lowest BCUT2D eigenvalue weighted by molar-refractivity contribution is -0.144. The summed E-state index contributed by atoms with van der Waals surface area (Å²) in [6, 6.07) is 16.9. The number of benzene rings is 2. The zero-order valence-electron chi connectivity index (χ0n) is 15.2. The van der Waals surface area contributed by atoms with E-state index in [1.165, 1.54) is 0 Å². The van der Waals surface area contributed by atoms with Gasteiger partial charge in [-0.3, -0.25) is 4.79 Å². The summed E-state index contributed by atoms with van der Waals surface area (Å²) in [5.74, 6) is -1.78. The van der Waals surface area contributed by atoms with E-state index in [0.29, 0.717) is 0 Å². The quantitative estimate of drug-likeness (QED) is 0.533. The van der Waals surface area contributed by atoms with Crippen molar-refractivity contribution < 1.29 is 29.0 Å². The van der Waals surface area contributed by atoms with Crippen LogP contribution in [0.2, 0.25) is 0 Å². The van der Waals surface area contributed by atoms with Crippen LogP contribution >= 0.6 is 0 Å². The number of alkyl carbamates (subject to hydrolysis) is 1. The highest BCUT2D eigenvalue weighted by Crippen LogP contribution is 2.01. The Balaban J connectivity index is 1.68. The summed E-state index contributed by atoms with van der Waals surface area (Å²) in [5.41, 5.74) is 1.63. The second-order valence-corrected chi connectivity index (χ2v) is 5.87. The van der Waals surface area contributed by atoms with E-state index in [1.807, 2.05) is 36.4 Å². The van der Waals surface area contributed by atoms with E-state index in [9.17, 15) is 19.5 Å². The number of rotatable bonds is 10. The van der Waals surface area contributed by atoms with Gasteiger partial charge in [0.25, 0.3) is 0 Å². The zero-order chi connectivity index (χ0) is 20.2. The molecule has 0 fully saturated rings. The van der Waals surface area contributed by atoms with Crippen molar-refractivity contribution in [2.24, 2.45) is 0 Å². The summed E-state index contributed by atoms with van der Waals surface area (Å²) in [6.45, 7) is -0.181. The van der Waals surface area contributed by atoms with Crippen LogP contribution in [0.4, 0.5) is 4.79 Å². The fraction of sp³-hybridized carbons (Fsp3) is 0.250. The molecule has 1 amide bonds. The van der Waals surface area contributed by atoms with Crippen LogP contribution in [0.1, 0.15) is 11.1 Å². The van der Waals surface area contributed by atoms with Crippen molar-refractivity contribution in [3.05, 3.63) is 71.8 Å². The van der Waals surface area contributed by atoms with Gasteiger partial charge in [-0.05, 0) is 11.1 Å². The Labute approximate surface area is 162 Å². The van der Waals surface area contributed by atoms with Gasteiger partial charge in [0.05, 0.1) is 6.54 Å². The second-order valence-electron chi connectivity index (χ2n) is 5.87. The van der Waals surface area contributed by atoms with Crippen molar-refractivity contribution in [2.45, 2.75) is 19.3 Å². The minimum Gasteiger partial charge on any atom is -0.480 e. The SMILES string of the molecule is O=C(CNC[C@H](NC(=O)OCc1ccccc1)C(=O)O)OCc1ccccc1. The third-order valence-electron chi connectivity index (χ3n) is 3.66. The maximum Gasteiger partial charge on any atom is 0.408 e. The smallest absolute Gasteiger partial charge is 0.408 e. The number of amides is 1. The number of hydrogen-bond donors (Lipinski definition) is 3. The van der Waals surface area contributed by atoms with Crippen LogP contribution in [0.3, 0.4) is 0 Å². The summed E-state index contributed by atoms with van der Waals surface area (Å²) in [7, 11) is 0. The van der Waals surface area contributed by atoms with Gasteiger partial charge in [0.2, 0.25) is 0 Å². The molecule has 0 spiro atoms. The topological polar surface area (TPSA) is 114 Å². The molecule has 148 valence electrons. The number of carbonyl (C=O) groups is 3. The molecule has 8 nitrogen and oxygen atoms in total. The van der Waals surface area contributed by atoms with Crippen molar-refractivity contribution >= 4 is 18.0 Å². The second kappa shape index (κ2) is 11.3. The molecule has 0 saturated heterocycles. The van der Waals surface area contributed by atoms with E-state index < -0.39 is 24.1 Å². The van der Waals surface area contributed by atoms with Crippen LogP contribution in [-0.4, -0.2) is 42.3 Å². The van der Waals surface area contributed by atoms with Gasteiger partial charge in [-0.1, -0.05) is 60.7 Å². The first-order valence-corrected chi connectivity index (χ1v) is 8.65. The monoisotopic (exact) mass is 386 g/mol. The molecule has 28 heavy (non-hydrogen) atoms. The molecule has 0 aliphatic heterocycles. The number of carboxylic acid groups (broad SMARTS) is 1. The number of aliphatic carboxylic acids is 1. The highest BCUT2D eigenvalue weighted by molar-refractivity contribution is 5.80. The van der Waals surface area contributed by atoms with Gasteiger partial charge in [0.1, 0.15) is 19.3 Å². The molecular formula is C20H22N2O6. The average Bonchev–Trinajstić information content (AvgIpc) is 2.71. The van der Waals surface area contributed by atoms with Gasteiger partial charge in [0.15, 0.2) is 0 Å². The Morgan fingerprint density at radius 2 is 1.39 bits per heavy atom. The molecule has 2 aromatic carbocycles. The first-order valence-electron chi connectivity index (χ1n) is 8.65. The highest BCUT2D eigenvalue weighted by Gasteiger charge is 2.20. The number of hydrogen-bond acceptors (Lipinski definition) is 6. The number of ether oxygens (including phenoxy) is 2. The molecule has 0 bridgehead atoms. The summed E-state index contributed by atoms with van der Waals surface area (Å²) >= 11 is 0. The first-order chi connectivity index (χ1) is 13.5. The van der Waals surface area contributed by atoms with E-state index in [-0.39, 0.29) is 26.3 Å². The Morgan fingerprint density at radius 3 is 1.93 bits per heavy atom. The standard InChI is InChI=1S/C20H22N2O6/c23-18(27-13-15-7-3-1-4-8-15)12-21-11-17(19(24)25)22-20(26)28-14-16-9-5-2-6-10-16/h1-10,17,21H,11-14H2,(H,22,26)(H,24,25)/t17-/m0/s1. The number of carbonyl (C=O) groups excluding carboxylic acids is 2. The summed E-state index contributed by atoms with van der Waals surface area (Å²) in [5, 5.41) is 14.1. The van der Waals surface area contributed by atoms with E-state index in [0.717, 1.165) is 11.1 Å². The lowest BCUT2D eigenvalue weighted by Gasteiger charge is -2.15. The molecule has 1 atom stereocenters. The van der Waals surface area contributed by atoms with Crippen LogP contribution in [0.5, 0.6) is 0 Å². The van der Waals surface area contributed by atoms with Crippen molar-refractivity contribution in [1.29, 1.82) is 0 Å².